The van der Waals surface area contributed by atoms with E-state index >= 15 is 0 Å². The number of pyridine rings is 1. The van der Waals surface area contributed by atoms with Gasteiger partial charge >= 0.3 is 0 Å². The molecule has 0 atom stereocenters. The van der Waals surface area contributed by atoms with Gasteiger partial charge in [0.15, 0.2) is 0 Å². The number of aromatic nitrogens is 1. The fraction of sp³-hybridized carbons (Fsp3) is 0.250. The van der Waals surface area contributed by atoms with E-state index in [0.717, 1.165) is 17.9 Å². The van der Waals surface area contributed by atoms with E-state index in [9.17, 15) is 4.79 Å². The molecule has 1 heterocycles. The van der Waals surface area contributed by atoms with Crippen LogP contribution in [0.4, 0.5) is 11.4 Å². The standard InChI is InChI=1S/C24H27N3O/c1-24(2,3)20-10-12-21(13-11-20)26-23(28)19-14-22(16-25-15-19)27(4)17-18-8-6-5-7-9-18/h5-16H,17H2,1-4H3,(H,26,28). The van der Waals surface area contributed by atoms with E-state index in [1.54, 1.807) is 12.4 Å². The van der Waals surface area contributed by atoms with Crippen molar-refractivity contribution >= 4 is 17.3 Å². The van der Waals surface area contributed by atoms with Gasteiger partial charge in [-0.05, 0) is 34.7 Å². The van der Waals surface area contributed by atoms with Crippen LogP contribution in [0.1, 0.15) is 42.3 Å². The zero-order chi connectivity index (χ0) is 20.1. The smallest absolute Gasteiger partial charge is 0.257 e. The Labute approximate surface area is 167 Å². The van der Waals surface area contributed by atoms with Crippen LogP contribution in [-0.2, 0) is 12.0 Å². The average molecular weight is 374 g/mol. The molecule has 3 aromatic rings. The molecule has 0 spiro atoms. The average Bonchev–Trinajstić information content (AvgIpc) is 2.68. The predicted molar refractivity (Wildman–Crippen MR) is 116 cm³/mol. The third-order valence-corrected chi connectivity index (χ3v) is 4.70. The van der Waals surface area contributed by atoms with E-state index in [2.05, 4.69) is 60.2 Å². The third-order valence-electron chi connectivity index (χ3n) is 4.70. The number of hydrogen-bond acceptors (Lipinski definition) is 3. The molecular weight excluding hydrogens is 346 g/mol. The molecule has 144 valence electrons. The fourth-order valence-electron chi connectivity index (χ4n) is 2.97. The monoisotopic (exact) mass is 373 g/mol. The highest BCUT2D eigenvalue weighted by Crippen LogP contribution is 2.24. The maximum Gasteiger partial charge on any atom is 0.257 e. The third kappa shape index (κ3) is 4.97. The van der Waals surface area contributed by atoms with Gasteiger partial charge in [0.05, 0.1) is 17.4 Å². The van der Waals surface area contributed by atoms with Crippen LogP contribution >= 0.6 is 0 Å². The van der Waals surface area contributed by atoms with Crippen LogP contribution in [0.25, 0.3) is 0 Å². The van der Waals surface area contributed by atoms with Gasteiger partial charge in [0.1, 0.15) is 0 Å². The SMILES string of the molecule is CN(Cc1ccccc1)c1cncc(C(=O)Nc2ccc(C(C)(C)C)cc2)c1. The lowest BCUT2D eigenvalue weighted by Gasteiger charge is -2.20. The second-order valence-corrected chi connectivity index (χ2v) is 8.05. The molecule has 3 rings (SSSR count). The molecule has 0 radical (unpaired) electrons. The van der Waals surface area contributed by atoms with Crippen LogP contribution in [0.3, 0.4) is 0 Å². The molecule has 4 nitrogen and oxygen atoms in total. The van der Waals surface area contributed by atoms with Gasteiger partial charge in [0.25, 0.3) is 5.91 Å². The number of nitrogens with zero attached hydrogens (tertiary/aromatic N) is 2. The van der Waals surface area contributed by atoms with Crippen molar-refractivity contribution in [2.24, 2.45) is 0 Å². The lowest BCUT2D eigenvalue weighted by atomic mass is 9.87. The zero-order valence-corrected chi connectivity index (χ0v) is 16.9. The molecule has 0 fully saturated rings. The Morgan fingerprint density at radius 2 is 1.68 bits per heavy atom. The lowest BCUT2D eigenvalue weighted by molar-refractivity contribution is 0.102. The second-order valence-electron chi connectivity index (χ2n) is 8.05. The Hall–Kier alpha value is -3.14. The highest BCUT2D eigenvalue weighted by molar-refractivity contribution is 6.04. The van der Waals surface area contributed by atoms with Crippen molar-refractivity contribution < 1.29 is 4.79 Å². The van der Waals surface area contributed by atoms with Gasteiger partial charge in [-0.25, -0.2) is 0 Å². The highest BCUT2D eigenvalue weighted by Gasteiger charge is 2.14. The first-order valence-electron chi connectivity index (χ1n) is 9.45. The number of rotatable bonds is 5. The van der Waals surface area contributed by atoms with Crippen LogP contribution < -0.4 is 10.2 Å². The van der Waals surface area contributed by atoms with Crippen LogP contribution in [0, 0.1) is 0 Å². The summed E-state index contributed by atoms with van der Waals surface area (Å²) in [7, 11) is 2.00. The molecule has 0 aliphatic heterocycles. The minimum Gasteiger partial charge on any atom is -0.369 e. The van der Waals surface area contributed by atoms with Crippen molar-refractivity contribution in [3.05, 3.63) is 89.7 Å². The van der Waals surface area contributed by atoms with Gasteiger partial charge in [-0.2, -0.15) is 0 Å². The van der Waals surface area contributed by atoms with E-state index in [-0.39, 0.29) is 11.3 Å². The van der Waals surface area contributed by atoms with Gasteiger partial charge in [-0.1, -0.05) is 63.2 Å². The summed E-state index contributed by atoms with van der Waals surface area (Å²) in [5, 5.41) is 2.96. The Bertz CT molecular complexity index is 928. The lowest BCUT2D eigenvalue weighted by Crippen LogP contribution is -2.18. The molecule has 0 aliphatic carbocycles. The molecule has 0 saturated heterocycles. The normalized spacial score (nSPS) is 11.1. The zero-order valence-electron chi connectivity index (χ0n) is 16.9. The summed E-state index contributed by atoms with van der Waals surface area (Å²) in [5.74, 6) is -0.161. The predicted octanol–water partition coefficient (Wildman–Crippen LogP) is 5.27. The van der Waals surface area contributed by atoms with Crippen molar-refractivity contribution in [2.75, 3.05) is 17.3 Å². The summed E-state index contributed by atoms with van der Waals surface area (Å²) < 4.78 is 0. The molecule has 0 aliphatic rings. The number of anilines is 2. The van der Waals surface area contributed by atoms with E-state index in [1.807, 2.05) is 43.4 Å². The minimum atomic E-state index is -0.161. The Balaban J connectivity index is 1.70. The van der Waals surface area contributed by atoms with Gasteiger partial charge in [-0.15, -0.1) is 0 Å². The van der Waals surface area contributed by atoms with E-state index in [4.69, 9.17) is 0 Å². The molecule has 1 aromatic heterocycles. The molecule has 0 bridgehead atoms. The maximum absolute atomic E-state index is 12.7. The topological polar surface area (TPSA) is 45.2 Å². The van der Waals surface area contributed by atoms with E-state index in [0.29, 0.717) is 5.56 Å². The molecule has 0 unspecified atom stereocenters. The molecular formula is C24H27N3O. The molecule has 28 heavy (non-hydrogen) atoms. The van der Waals surface area contributed by atoms with Crippen molar-refractivity contribution in [3.8, 4) is 0 Å². The van der Waals surface area contributed by atoms with Crippen molar-refractivity contribution in [1.29, 1.82) is 0 Å². The Morgan fingerprint density at radius 3 is 2.32 bits per heavy atom. The van der Waals surface area contributed by atoms with Crippen molar-refractivity contribution in [3.63, 3.8) is 0 Å². The van der Waals surface area contributed by atoms with Gasteiger partial charge in [0.2, 0.25) is 0 Å². The van der Waals surface area contributed by atoms with Crippen LogP contribution in [0.2, 0.25) is 0 Å². The number of nitrogens with one attached hydrogen (secondary N) is 1. The van der Waals surface area contributed by atoms with Gasteiger partial charge < -0.3 is 10.2 Å². The molecule has 4 heteroatoms. The van der Waals surface area contributed by atoms with Crippen LogP contribution in [-0.4, -0.2) is 17.9 Å². The summed E-state index contributed by atoms with van der Waals surface area (Å²) >= 11 is 0. The van der Waals surface area contributed by atoms with Gasteiger partial charge in [-0.3, -0.25) is 9.78 Å². The number of carbonyl (C=O) groups excluding carboxylic acids is 1. The Kier molecular flexibility index (Phi) is 5.78. The van der Waals surface area contributed by atoms with E-state index < -0.39 is 0 Å². The summed E-state index contributed by atoms with van der Waals surface area (Å²) in [6.45, 7) is 7.26. The first-order chi connectivity index (χ1) is 13.3. The molecule has 1 amide bonds. The number of amides is 1. The quantitative estimate of drug-likeness (QED) is 0.663. The highest BCUT2D eigenvalue weighted by atomic mass is 16.1. The van der Waals surface area contributed by atoms with Crippen LogP contribution in [0.15, 0.2) is 73.1 Å². The molecule has 1 N–H and O–H groups in total. The van der Waals surface area contributed by atoms with Crippen molar-refractivity contribution in [1.82, 2.24) is 4.98 Å². The first kappa shape index (κ1) is 19.6. The molecule has 0 saturated carbocycles. The Morgan fingerprint density at radius 1 is 1.00 bits per heavy atom. The minimum absolute atomic E-state index is 0.0874. The summed E-state index contributed by atoms with van der Waals surface area (Å²) in [6.07, 6.45) is 3.37. The second kappa shape index (κ2) is 8.26. The van der Waals surface area contributed by atoms with Crippen molar-refractivity contribution in [2.45, 2.75) is 32.7 Å². The maximum atomic E-state index is 12.7. The number of hydrogen-bond donors (Lipinski definition) is 1. The molecule has 2 aromatic carbocycles. The summed E-state index contributed by atoms with van der Waals surface area (Å²) in [4.78, 5) is 19.0. The first-order valence-corrected chi connectivity index (χ1v) is 9.45. The van der Waals surface area contributed by atoms with E-state index in [1.165, 1.54) is 11.1 Å². The fourth-order valence-corrected chi connectivity index (χ4v) is 2.97. The summed E-state index contributed by atoms with van der Waals surface area (Å²) in [6, 6.07) is 20.1. The largest absolute Gasteiger partial charge is 0.369 e. The van der Waals surface area contributed by atoms with Crippen LogP contribution in [0.5, 0.6) is 0 Å². The number of benzene rings is 2. The van der Waals surface area contributed by atoms with Gasteiger partial charge in [0, 0.05) is 25.5 Å². The summed E-state index contributed by atoms with van der Waals surface area (Å²) in [5.41, 5.74) is 4.75. The number of carbonyl (C=O) groups is 1.